The molecule has 362 valence electrons. The maximum absolute atomic E-state index is 14.1. The van der Waals surface area contributed by atoms with E-state index in [1.807, 2.05) is 6.07 Å². The molecule has 5 aromatic rings. The van der Waals surface area contributed by atoms with Crippen molar-refractivity contribution < 1.29 is 36.3 Å². The Morgan fingerprint density at radius 1 is 1.03 bits per heavy atom. The first-order valence-corrected chi connectivity index (χ1v) is 27.1. The van der Waals surface area contributed by atoms with Crippen molar-refractivity contribution in [3.05, 3.63) is 90.0 Å². The summed E-state index contributed by atoms with van der Waals surface area (Å²) in [5.41, 5.74) is 4.96. The number of sulfone groups is 1. The highest BCUT2D eigenvalue weighted by atomic mass is 32.2. The molecule has 3 aromatic heterocycles. The van der Waals surface area contributed by atoms with Crippen LogP contribution in [0.15, 0.2) is 78.1 Å². The number of benzene rings is 2. The van der Waals surface area contributed by atoms with Crippen LogP contribution in [0.25, 0.3) is 11.0 Å². The van der Waals surface area contributed by atoms with Crippen LogP contribution in [0, 0.1) is 5.41 Å². The summed E-state index contributed by atoms with van der Waals surface area (Å²) in [6.45, 7) is 9.12. The van der Waals surface area contributed by atoms with Gasteiger partial charge in [0.25, 0.3) is 15.9 Å². The van der Waals surface area contributed by atoms with E-state index in [1.54, 1.807) is 24.5 Å². The van der Waals surface area contributed by atoms with E-state index >= 15 is 0 Å². The van der Waals surface area contributed by atoms with Gasteiger partial charge in [0.05, 0.1) is 46.2 Å². The molecule has 2 aromatic carbocycles. The third-order valence-electron chi connectivity index (χ3n) is 14.9. The summed E-state index contributed by atoms with van der Waals surface area (Å²) < 4.78 is 66.5. The van der Waals surface area contributed by atoms with Crippen molar-refractivity contribution in [2.45, 2.75) is 87.7 Å². The van der Waals surface area contributed by atoms with Gasteiger partial charge in [0, 0.05) is 75.6 Å². The van der Waals surface area contributed by atoms with E-state index in [0.717, 1.165) is 48.6 Å². The zero-order chi connectivity index (χ0) is 47.4. The Morgan fingerprint density at radius 2 is 1.81 bits per heavy atom. The molecule has 0 unspecified atom stereocenters. The lowest BCUT2D eigenvalue weighted by molar-refractivity contribution is -0.0228. The fourth-order valence-electron chi connectivity index (χ4n) is 11.1. The summed E-state index contributed by atoms with van der Waals surface area (Å²) in [7, 11) is -6.20. The number of amides is 1. The van der Waals surface area contributed by atoms with E-state index in [4.69, 9.17) is 9.47 Å². The molecule has 19 heteroatoms. The highest BCUT2D eigenvalue weighted by molar-refractivity contribution is 7.91. The van der Waals surface area contributed by atoms with Crippen molar-refractivity contribution in [2.75, 3.05) is 79.7 Å². The van der Waals surface area contributed by atoms with E-state index in [0.29, 0.717) is 61.1 Å². The number of aromatic nitrogens is 3. The number of nitrogens with one attached hydrogen (secondary N) is 3. The Morgan fingerprint density at radius 3 is 2.57 bits per heavy atom. The molecule has 1 spiro atoms. The molecule has 4 N–H and O–H groups in total. The molecule has 1 amide bonds. The van der Waals surface area contributed by atoms with Crippen LogP contribution in [0.5, 0.6) is 17.2 Å². The average molecular weight is 968 g/mol. The minimum atomic E-state index is -4.56. The topological polar surface area (TPSA) is 203 Å². The van der Waals surface area contributed by atoms with Crippen molar-refractivity contribution in [1.82, 2.24) is 29.5 Å². The second-order valence-corrected chi connectivity index (χ2v) is 23.7. The summed E-state index contributed by atoms with van der Waals surface area (Å²) in [6.07, 6.45) is 12.4. The van der Waals surface area contributed by atoms with Gasteiger partial charge < -0.3 is 29.6 Å². The van der Waals surface area contributed by atoms with Gasteiger partial charge in [0.15, 0.2) is 21.3 Å². The third kappa shape index (κ3) is 9.47. The summed E-state index contributed by atoms with van der Waals surface area (Å²) in [6, 6.07) is 17.8. The van der Waals surface area contributed by atoms with Gasteiger partial charge in [0.2, 0.25) is 0 Å². The molecular formula is C49H61N9O8S2. The maximum atomic E-state index is 14.1. The second kappa shape index (κ2) is 18.5. The molecule has 10 rings (SSSR count). The number of sulfonamides is 1. The zero-order valence-electron chi connectivity index (χ0n) is 38.9. The van der Waals surface area contributed by atoms with Gasteiger partial charge >= 0.3 is 0 Å². The largest absolute Gasteiger partial charge is 0.489 e. The lowest BCUT2D eigenvalue weighted by Crippen LogP contribution is -2.55. The number of ether oxygens (including phenoxy) is 2. The van der Waals surface area contributed by atoms with Crippen molar-refractivity contribution >= 4 is 53.9 Å². The van der Waals surface area contributed by atoms with Crippen LogP contribution in [0.2, 0.25) is 0 Å². The number of pyridine rings is 2. The van der Waals surface area contributed by atoms with Crippen LogP contribution in [-0.4, -0.2) is 129 Å². The van der Waals surface area contributed by atoms with Gasteiger partial charge in [-0.15, -0.1) is 0 Å². The van der Waals surface area contributed by atoms with E-state index in [9.17, 15) is 26.8 Å². The van der Waals surface area contributed by atoms with Crippen LogP contribution < -0.4 is 29.5 Å². The van der Waals surface area contributed by atoms with Crippen LogP contribution in [0.4, 0.5) is 17.1 Å². The SMILES string of the molecule is CC(C)c1ccccc1[C@@H]1CCCN1C1CC2(CCN(c3cnc(C(=O)NS(=O)(=O)c4cc5c(c(N(C)O)c4)N[C@@H](CCN4CCS(=O)(=O)CC4)CO5)c(Oc4cnc5[nH]ccc5c4)c3)CC2)C1. The summed E-state index contributed by atoms with van der Waals surface area (Å²) >= 11 is 0. The second-order valence-electron chi connectivity index (χ2n) is 19.7. The van der Waals surface area contributed by atoms with Gasteiger partial charge in [-0.1, -0.05) is 38.1 Å². The maximum Gasteiger partial charge on any atom is 0.287 e. The number of hydrogen-bond donors (Lipinski definition) is 4. The summed E-state index contributed by atoms with van der Waals surface area (Å²) in [5, 5.41) is 15.6. The zero-order valence-corrected chi connectivity index (χ0v) is 40.5. The lowest BCUT2D eigenvalue weighted by Gasteiger charge is -2.56. The molecule has 1 aliphatic carbocycles. The number of fused-ring (bicyclic) bond motifs is 2. The first kappa shape index (κ1) is 46.3. The van der Waals surface area contributed by atoms with Crippen LogP contribution in [0.3, 0.4) is 0 Å². The van der Waals surface area contributed by atoms with Crippen molar-refractivity contribution in [2.24, 2.45) is 5.41 Å². The molecule has 4 fully saturated rings. The minimum Gasteiger partial charge on any atom is -0.489 e. The summed E-state index contributed by atoms with van der Waals surface area (Å²) in [4.78, 5) is 33.0. The minimum absolute atomic E-state index is 0.0728. The molecule has 68 heavy (non-hydrogen) atoms. The van der Waals surface area contributed by atoms with E-state index in [2.05, 4.69) is 77.8 Å². The number of nitrogens with zero attached hydrogens (tertiary/aromatic N) is 6. The van der Waals surface area contributed by atoms with Gasteiger partial charge in [-0.2, -0.15) is 0 Å². The van der Waals surface area contributed by atoms with E-state index in [-0.39, 0.29) is 57.3 Å². The Kier molecular flexibility index (Phi) is 12.6. The highest BCUT2D eigenvalue weighted by Gasteiger charge is 2.50. The van der Waals surface area contributed by atoms with Crippen LogP contribution in [-0.2, 0) is 19.9 Å². The predicted octanol–water partition coefficient (Wildman–Crippen LogP) is 6.70. The number of aromatic amines is 1. The smallest absolute Gasteiger partial charge is 0.287 e. The molecule has 0 radical (unpaired) electrons. The van der Waals surface area contributed by atoms with Gasteiger partial charge in [0.1, 0.15) is 29.4 Å². The molecular weight excluding hydrogens is 907 g/mol. The molecule has 17 nitrogen and oxygen atoms in total. The Balaban J connectivity index is 0.836. The number of anilines is 3. The predicted molar refractivity (Wildman–Crippen MR) is 260 cm³/mol. The average Bonchev–Trinajstić information content (AvgIpc) is 4.00. The first-order chi connectivity index (χ1) is 32.6. The third-order valence-corrected chi connectivity index (χ3v) is 17.8. The van der Waals surface area contributed by atoms with Crippen molar-refractivity contribution in [3.63, 3.8) is 0 Å². The number of likely N-dealkylation sites (tertiary alicyclic amines) is 1. The molecule has 0 bridgehead atoms. The lowest BCUT2D eigenvalue weighted by atomic mass is 9.59. The molecule has 3 saturated heterocycles. The molecule has 4 aliphatic heterocycles. The standard InChI is InChI=1S/C49H61N9O8S2/c1-32(2)39-7-4-5-8-40(39)41-9-6-15-58(41)36-27-49(28-36)12-17-57(18-13-49)35-24-44(66-37-23-33-10-14-50-47(33)52-30-37)46(51-29-35)48(59)54-68(63,64)38-25-42(55(3)60)45-43(26-38)65-31-34(53-45)11-16-56-19-21-67(61,62)22-20-56/h4-5,7-8,10,14,23-26,29-30,32,34,36,41,53,60H,6,9,11-13,15-22,27-28,31H2,1-3H3,(H,50,52)(H,54,59)/t34-,41-/m0/s1. The Labute approximate surface area is 398 Å². The number of hydrogen-bond acceptors (Lipinski definition) is 15. The monoisotopic (exact) mass is 967 g/mol. The van der Waals surface area contributed by atoms with Crippen molar-refractivity contribution in [1.29, 1.82) is 0 Å². The number of H-pyrrole nitrogens is 1. The van der Waals surface area contributed by atoms with Crippen LogP contribution >= 0.6 is 0 Å². The Bertz CT molecular complexity index is 2900. The molecule has 2 atom stereocenters. The number of piperidine rings is 1. The quantitative estimate of drug-likeness (QED) is 0.0908. The molecule has 1 saturated carbocycles. The van der Waals surface area contributed by atoms with Gasteiger partial charge in [-0.25, -0.2) is 31.5 Å². The fraction of sp³-hybridized carbons (Fsp3) is 0.490. The first-order valence-electron chi connectivity index (χ1n) is 23.8. The van der Waals surface area contributed by atoms with Gasteiger partial charge in [-0.05, 0) is 92.1 Å². The molecule has 7 heterocycles. The normalized spacial score (nSPS) is 21.8. The number of carbonyl (C=O) groups excluding carboxylic acids is 1. The van der Waals surface area contributed by atoms with Gasteiger partial charge in [-0.3, -0.25) is 20.0 Å². The number of rotatable bonds is 13. The fourth-order valence-corrected chi connectivity index (χ4v) is 13.3. The van der Waals surface area contributed by atoms with Crippen LogP contribution in [0.1, 0.15) is 92.4 Å². The summed E-state index contributed by atoms with van der Waals surface area (Å²) in [5.74, 6) is 0.350. The number of carbonyl (C=O) groups is 1. The Hall–Kier alpha value is -5.47. The number of hydroxylamine groups is 1. The van der Waals surface area contributed by atoms with Crippen molar-refractivity contribution in [3.8, 4) is 17.2 Å². The van der Waals surface area contributed by atoms with E-state index < -0.39 is 25.8 Å². The van der Waals surface area contributed by atoms with E-state index in [1.165, 1.54) is 62.2 Å². The highest BCUT2D eigenvalue weighted by Crippen LogP contribution is 2.54. The molecule has 5 aliphatic rings.